The first kappa shape index (κ1) is 21.2. The zero-order valence-corrected chi connectivity index (χ0v) is 17.7. The van der Waals surface area contributed by atoms with Crippen molar-refractivity contribution >= 4 is 10.9 Å². The van der Waals surface area contributed by atoms with Crippen molar-refractivity contribution in [3.8, 4) is 11.4 Å². The summed E-state index contributed by atoms with van der Waals surface area (Å²) in [4.78, 5) is 16.1. The van der Waals surface area contributed by atoms with Crippen LogP contribution in [0.5, 0.6) is 5.75 Å². The molecule has 0 aliphatic carbocycles. The quantitative estimate of drug-likeness (QED) is 0.511. The predicted octanol–water partition coefficient (Wildman–Crippen LogP) is 3.36. The molecule has 0 fully saturated rings. The molecule has 0 radical (unpaired) electrons. The lowest BCUT2D eigenvalue weighted by molar-refractivity contribution is -0.141. The van der Waals surface area contributed by atoms with Gasteiger partial charge in [-0.15, -0.1) is 0 Å². The van der Waals surface area contributed by atoms with Crippen LogP contribution < -0.4 is 15.6 Å². The summed E-state index contributed by atoms with van der Waals surface area (Å²) in [6.45, 7) is 1.72. The Balaban J connectivity index is 1.36. The van der Waals surface area contributed by atoms with Gasteiger partial charge in [-0.25, -0.2) is 0 Å². The Morgan fingerprint density at radius 1 is 1.15 bits per heavy atom. The van der Waals surface area contributed by atoms with E-state index < -0.39 is 11.9 Å². The van der Waals surface area contributed by atoms with Crippen LogP contribution in [0.15, 0.2) is 53.6 Å². The van der Waals surface area contributed by atoms with Crippen molar-refractivity contribution in [2.45, 2.75) is 25.7 Å². The number of halogens is 3. The highest BCUT2D eigenvalue weighted by atomic mass is 19.4. The molecule has 0 saturated carbocycles. The number of hydrogen-bond acceptors (Lipinski definition) is 5. The fourth-order valence-electron chi connectivity index (χ4n) is 4.12. The second-order valence-electron chi connectivity index (χ2n) is 7.89. The minimum absolute atomic E-state index is 0.0365. The van der Waals surface area contributed by atoms with Crippen molar-refractivity contribution in [1.29, 1.82) is 0 Å². The van der Waals surface area contributed by atoms with Crippen LogP contribution in [-0.4, -0.2) is 25.9 Å². The van der Waals surface area contributed by atoms with Crippen molar-refractivity contribution < 1.29 is 17.9 Å². The van der Waals surface area contributed by atoms with Crippen molar-refractivity contribution in [3.63, 3.8) is 0 Å². The van der Waals surface area contributed by atoms with Crippen LogP contribution >= 0.6 is 0 Å². The molecule has 1 N–H and O–H groups in total. The molecule has 5 rings (SSSR count). The number of fused-ring (bicyclic) bond motifs is 3. The van der Waals surface area contributed by atoms with E-state index >= 15 is 0 Å². The van der Waals surface area contributed by atoms with E-state index in [1.807, 2.05) is 25.2 Å². The van der Waals surface area contributed by atoms with Crippen LogP contribution in [0.25, 0.3) is 16.6 Å². The van der Waals surface area contributed by atoms with E-state index in [0.717, 1.165) is 37.3 Å². The summed E-state index contributed by atoms with van der Waals surface area (Å²) in [5.74, 6) is 0.220. The molecule has 0 bridgehead atoms. The van der Waals surface area contributed by atoms with Gasteiger partial charge in [0.15, 0.2) is 0 Å². The number of nitrogens with one attached hydrogen (secondary N) is 1. The second kappa shape index (κ2) is 8.04. The van der Waals surface area contributed by atoms with Gasteiger partial charge in [0, 0.05) is 42.5 Å². The van der Waals surface area contributed by atoms with Gasteiger partial charge in [-0.05, 0) is 36.7 Å². The number of alkyl halides is 3. The minimum atomic E-state index is -4.49. The SMILES string of the molecule is Cn1c2c(c3ccc(-n4ncc(OCc5ccc(C(F)(F)F)nc5)cc4=O)cc31)CCNC2. The maximum absolute atomic E-state index is 12.7. The van der Waals surface area contributed by atoms with Crippen LogP contribution in [0.2, 0.25) is 0 Å². The first-order chi connectivity index (χ1) is 15.8. The highest BCUT2D eigenvalue weighted by Crippen LogP contribution is 2.29. The van der Waals surface area contributed by atoms with E-state index in [1.54, 1.807) is 0 Å². The second-order valence-corrected chi connectivity index (χ2v) is 7.89. The smallest absolute Gasteiger partial charge is 0.433 e. The molecule has 1 aliphatic rings. The molecular weight excluding hydrogens is 435 g/mol. The topological polar surface area (TPSA) is 74.0 Å². The van der Waals surface area contributed by atoms with Crippen LogP contribution in [0.4, 0.5) is 13.2 Å². The van der Waals surface area contributed by atoms with Crippen LogP contribution in [-0.2, 0) is 32.8 Å². The number of aryl methyl sites for hydroxylation is 1. The molecule has 33 heavy (non-hydrogen) atoms. The van der Waals surface area contributed by atoms with E-state index in [2.05, 4.69) is 20.0 Å². The maximum Gasteiger partial charge on any atom is 0.433 e. The van der Waals surface area contributed by atoms with Crippen molar-refractivity contribution in [1.82, 2.24) is 24.6 Å². The fraction of sp³-hybridized carbons (Fsp3) is 0.261. The number of rotatable bonds is 4. The average Bonchev–Trinajstić information content (AvgIpc) is 3.09. The minimum Gasteiger partial charge on any atom is -0.487 e. The summed E-state index contributed by atoms with van der Waals surface area (Å²) in [6.07, 6.45) is -1.03. The Morgan fingerprint density at radius 3 is 2.73 bits per heavy atom. The third kappa shape index (κ3) is 3.97. The maximum atomic E-state index is 12.7. The molecular formula is C23H20F3N5O2. The van der Waals surface area contributed by atoms with Crippen molar-refractivity contribution in [3.05, 3.63) is 81.7 Å². The van der Waals surface area contributed by atoms with Gasteiger partial charge >= 0.3 is 6.18 Å². The predicted molar refractivity (Wildman–Crippen MR) is 115 cm³/mol. The summed E-state index contributed by atoms with van der Waals surface area (Å²) in [5.41, 5.74) is 3.34. The molecule has 0 saturated heterocycles. The van der Waals surface area contributed by atoms with Gasteiger partial charge in [-0.2, -0.15) is 23.0 Å². The number of ether oxygens (including phenoxy) is 1. The molecule has 1 aliphatic heterocycles. The molecule has 0 amide bonds. The lowest BCUT2D eigenvalue weighted by atomic mass is 10.0. The molecule has 4 aromatic rings. The Labute approximate surface area is 186 Å². The molecule has 7 nitrogen and oxygen atoms in total. The van der Waals surface area contributed by atoms with E-state index in [0.29, 0.717) is 11.3 Å². The number of nitrogens with zero attached hydrogens (tertiary/aromatic N) is 4. The largest absolute Gasteiger partial charge is 0.487 e. The van der Waals surface area contributed by atoms with Gasteiger partial charge in [0.2, 0.25) is 0 Å². The number of aromatic nitrogens is 4. The number of benzene rings is 1. The molecule has 3 aromatic heterocycles. The van der Waals surface area contributed by atoms with Gasteiger partial charge in [-0.1, -0.05) is 12.1 Å². The molecule has 0 spiro atoms. The van der Waals surface area contributed by atoms with Crippen LogP contribution in [0.1, 0.15) is 22.5 Å². The summed E-state index contributed by atoms with van der Waals surface area (Å²) < 4.78 is 46.8. The standard InChI is InChI=1S/C23H20F3N5O2/c1-30-19-8-15(3-4-17(19)18-6-7-27-12-20(18)30)31-22(32)9-16(11-29-31)33-13-14-2-5-21(28-10-14)23(24,25)26/h2-5,8-11,27H,6-7,12-13H2,1H3. The highest BCUT2D eigenvalue weighted by Gasteiger charge is 2.32. The zero-order chi connectivity index (χ0) is 23.2. The Hall–Kier alpha value is -3.66. The Morgan fingerprint density at radius 2 is 2.00 bits per heavy atom. The van der Waals surface area contributed by atoms with E-state index in [1.165, 1.54) is 39.7 Å². The average molecular weight is 455 g/mol. The lowest BCUT2D eigenvalue weighted by Crippen LogP contribution is -2.24. The first-order valence-electron chi connectivity index (χ1n) is 10.4. The summed E-state index contributed by atoms with van der Waals surface area (Å²) in [6, 6.07) is 9.31. The molecule has 170 valence electrons. The summed E-state index contributed by atoms with van der Waals surface area (Å²) >= 11 is 0. The number of pyridine rings is 1. The third-order valence-electron chi connectivity index (χ3n) is 5.81. The lowest BCUT2D eigenvalue weighted by Gasteiger charge is -2.14. The Bertz CT molecular complexity index is 1390. The van der Waals surface area contributed by atoms with Gasteiger partial charge in [0.1, 0.15) is 18.1 Å². The molecule has 1 aromatic carbocycles. The first-order valence-corrected chi connectivity index (χ1v) is 10.4. The number of hydrogen-bond donors (Lipinski definition) is 1. The van der Waals surface area contributed by atoms with Crippen molar-refractivity contribution in [2.24, 2.45) is 7.05 Å². The van der Waals surface area contributed by atoms with Gasteiger partial charge in [0.25, 0.3) is 5.56 Å². The monoisotopic (exact) mass is 455 g/mol. The van der Waals surface area contributed by atoms with Gasteiger partial charge < -0.3 is 14.6 Å². The molecule has 0 unspecified atom stereocenters. The van der Waals surface area contributed by atoms with Gasteiger partial charge in [0.05, 0.1) is 17.4 Å². The summed E-state index contributed by atoms with van der Waals surface area (Å²) in [5, 5.41) is 8.78. The summed E-state index contributed by atoms with van der Waals surface area (Å²) in [7, 11) is 2.02. The third-order valence-corrected chi connectivity index (χ3v) is 5.81. The van der Waals surface area contributed by atoms with Gasteiger partial charge in [-0.3, -0.25) is 9.78 Å². The zero-order valence-electron chi connectivity index (χ0n) is 17.7. The fourth-order valence-corrected chi connectivity index (χ4v) is 4.12. The van der Waals surface area contributed by atoms with Crippen molar-refractivity contribution in [2.75, 3.05) is 6.54 Å². The van der Waals surface area contributed by atoms with E-state index in [-0.39, 0.29) is 17.9 Å². The van der Waals surface area contributed by atoms with E-state index in [4.69, 9.17) is 4.74 Å². The Kier molecular flexibility index (Phi) is 5.16. The molecule has 0 atom stereocenters. The van der Waals surface area contributed by atoms with E-state index in [9.17, 15) is 18.0 Å². The molecule has 10 heteroatoms. The molecule has 4 heterocycles. The van der Waals surface area contributed by atoms with Crippen LogP contribution in [0, 0.1) is 0 Å². The van der Waals surface area contributed by atoms with Crippen LogP contribution in [0.3, 0.4) is 0 Å². The highest BCUT2D eigenvalue weighted by molar-refractivity contribution is 5.87. The normalized spacial score (nSPS) is 13.8.